The molecule has 1 fully saturated rings. The van der Waals surface area contributed by atoms with Gasteiger partial charge in [-0.05, 0) is 25.0 Å². The monoisotopic (exact) mass is 355 g/mol. The summed E-state index contributed by atoms with van der Waals surface area (Å²) in [5, 5.41) is 0.532. The first-order chi connectivity index (χ1) is 9.34. The van der Waals surface area contributed by atoms with E-state index >= 15 is 0 Å². The van der Waals surface area contributed by atoms with Gasteiger partial charge in [0, 0.05) is 13.1 Å². The minimum absolute atomic E-state index is 0.0154. The number of nitrogens with zero attached hydrogens (tertiary/aromatic N) is 1. The van der Waals surface area contributed by atoms with Crippen LogP contribution in [0.15, 0.2) is 17.0 Å². The van der Waals surface area contributed by atoms with Gasteiger partial charge in [-0.15, -0.1) is 0 Å². The van der Waals surface area contributed by atoms with Gasteiger partial charge in [0.2, 0.25) is 10.0 Å². The predicted molar refractivity (Wildman–Crippen MR) is 83.3 cm³/mol. The fraction of sp³-hybridized carbons (Fsp3) is 0.538. The van der Waals surface area contributed by atoms with Gasteiger partial charge < -0.3 is 0 Å². The Morgan fingerprint density at radius 3 is 2.15 bits per heavy atom. The SMILES string of the molecule is CN(C1CCCCC1)S(=O)(=O)c1cc(Cl)c(Cl)cc1Cl. The Hall–Kier alpha value is -0.000000000000000111. The summed E-state index contributed by atoms with van der Waals surface area (Å²) >= 11 is 17.8. The molecule has 0 bridgehead atoms. The molecule has 1 saturated carbocycles. The summed E-state index contributed by atoms with van der Waals surface area (Å²) in [6.07, 6.45) is 5.04. The normalized spacial score (nSPS) is 17.6. The molecule has 0 radical (unpaired) electrons. The van der Waals surface area contributed by atoms with Crippen LogP contribution in [0, 0.1) is 0 Å². The van der Waals surface area contributed by atoms with Crippen LogP contribution in [0.2, 0.25) is 15.1 Å². The van der Waals surface area contributed by atoms with E-state index in [4.69, 9.17) is 34.8 Å². The minimum Gasteiger partial charge on any atom is -0.207 e. The van der Waals surface area contributed by atoms with Crippen LogP contribution in [0.1, 0.15) is 32.1 Å². The second-order valence-corrected chi connectivity index (χ2v) is 8.20. The number of hydrogen-bond acceptors (Lipinski definition) is 2. The third kappa shape index (κ3) is 3.25. The maximum absolute atomic E-state index is 12.7. The summed E-state index contributed by atoms with van der Waals surface area (Å²) in [6.45, 7) is 0. The summed E-state index contributed by atoms with van der Waals surface area (Å²) < 4.78 is 26.7. The van der Waals surface area contributed by atoms with Crippen molar-refractivity contribution in [3.8, 4) is 0 Å². The van der Waals surface area contributed by atoms with Gasteiger partial charge in [-0.3, -0.25) is 0 Å². The van der Waals surface area contributed by atoms with Crippen molar-refractivity contribution in [2.45, 2.75) is 43.0 Å². The van der Waals surface area contributed by atoms with Gasteiger partial charge in [0.15, 0.2) is 0 Å². The standard InChI is InChI=1S/C13H16Cl3NO2S/c1-17(9-5-3-2-4-6-9)20(18,19)13-8-11(15)10(14)7-12(13)16/h7-9H,2-6H2,1H3. The van der Waals surface area contributed by atoms with Crippen molar-refractivity contribution in [2.24, 2.45) is 0 Å². The molecule has 1 aliphatic carbocycles. The fourth-order valence-electron chi connectivity index (χ4n) is 2.50. The average molecular weight is 357 g/mol. The van der Waals surface area contributed by atoms with Crippen molar-refractivity contribution in [3.63, 3.8) is 0 Å². The lowest BCUT2D eigenvalue weighted by Crippen LogP contribution is -2.38. The van der Waals surface area contributed by atoms with E-state index in [1.807, 2.05) is 0 Å². The van der Waals surface area contributed by atoms with Crippen LogP contribution in [0.25, 0.3) is 0 Å². The number of hydrogen-bond donors (Lipinski definition) is 0. The molecule has 7 heteroatoms. The summed E-state index contributed by atoms with van der Waals surface area (Å²) in [5.41, 5.74) is 0. The maximum Gasteiger partial charge on any atom is 0.244 e. The first-order valence-corrected chi connectivity index (χ1v) is 9.04. The zero-order valence-corrected chi connectivity index (χ0v) is 14.2. The Kier molecular flexibility index (Phi) is 5.24. The molecular formula is C13H16Cl3NO2S. The van der Waals surface area contributed by atoms with Crippen molar-refractivity contribution in [3.05, 3.63) is 27.2 Å². The van der Waals surface area contributed by atoms with Crippen LogP contribution in [0.3, 0.4) is 0 Å². The topological polar surface area (TPSA) is 37.4 Å². The van der Waals surface area contributed by atoms with Gasteiger partial charge in [-0.2, -0.15) is 4.31 Å². The Morgan fingerprint density at radius 2 is 1.55 bits per heavy atom. The van der Waals surface area contributed by atoms with Gasteiger partial charge in [0.05, 0.1) is 15.1 Å². The third-order valence-electron chi connectivity index (χ3n) is 3.72. The molecule has 112 valence electrons. The first kappa shape index (κ1) is 16.4. The molecule has 1 aromatic carbocycles. The van der Waals surface area contributed by atoms with Crippen LogP contribution >= 0.6 is 34.8 Å². The fourth-order valence-corrected chi connectivity index (χ4v) is 4.89. The lowest BCUT2D eigenvalue weighted by atomic mass is 9.96. The van der Waals surface area contributed by atoms with Crippen LogP contribution in [-0.4, -0.2) is 25.8 Å². The van der Waals surface area contributed by atoms with Crippen LogP contribution < -0.4 is 0 Å². The van der Waals surface area contributed by atoms with Gasteiger partial charge in [0.25, 0.3) is 0 Å². The molecule has 0 amide bonds. The Labute approximate surface area is 134 Å². The van der Waals surface area contributed by atoms with E-state index in [1.54, 1.807) is 7.05 Å². The molecular weight excluding hydrogens is 341 g/mol. The van der Waals surface area contributed by atoms with E-state index < -0.39 is 10.0 Å². The molecule has 20 heavy (non-hydrogen) atoms. The Morgan fingerprint density at radius 1 is 1.00 bits per heavy atom. The molecule has 1 aliphatic rings. The lowest BCUT2D eigenvalue weighted by Gasteiger charge is -2.30. The Bertz CT molecular complexity index is 598. The molecule has 0 atom stereocenters. The van der Waals surface area contributed by atoms with Crippen molar-refractivity contribution in [2.75, 3.05) is 7.05 Å². The smallest absolute Gasteiger partial charge is 0.207 e. The van der Waals surface area contributed by atoms with Crippen molar-refractivity contribution in [1.82, 2.24) is 4.31 Å². The molecule has 0 spiro atoms. The quantitative estimate of drug-likeness (QED) is 0.742. The summed E-state index contributed by atoms with van der Waals surface area (Å²) in [7, 11) is -2.05. The highest BCUT2D eigenvalue weighted by Gasteiger charge is 2.31. The van der Waals surface area contributed by atoms with E-state index in [2.05, 4.69) is 0 Å². The third-order valence-corrected chi connectivity index (χ3v) is 6.82. The van der Waals surface area contributed by atoms with Crippen molar-refractivity contribution in [1.29, 1.82) is 0 Å². The first-order valence-electron chi connectivity index (χ1n) is 6.46. The summed E-state index contributed by atoms with van der Waals surface area (Å²) in [6, 6.07) is 2.72. The second-order valence-electron chi connectivity index (χ2n) is 5.01. The lowest BCUT2D eigenvalue weighted by molar-refractivity contribution is 0.286. The minimum atomic E-state index is -3.65. The molecule has 0 N–H and O–H groups in total. The average Bonchev–Trinajstić information content (AvgIpc) is 2.42. The van der Waals surface area contributed by atoms with E-state index in [9.17, 15) is 8.42 Å². The number of halogens is 3. The van der Waals surface area contributed by atoms with E-state index in [0.29, 0.717) is 0 Å². The predicted octanol–water partition coefficient (Wildman–Crippen LogP) is 4.60. The zero-order chi connectivity index (χ0) is 14.9. The maximum atomic E-state index is 12.7. The summed E-state index contributed by atoms with van der Waals surface area (Å²) in [4.78, 5) is 0.0154. The molecule has 3 nitrogen and oxygen atoms in total. The van der Waals surface area contributed by atoms with Crippen LogP contribution in [0.5, 0.6) is 0 Å². The van der Waals surface area contributed by atoms with Gasteiger partial charge in [-0.1, -0.05) is 54.1 Å². The van der Waals surface area contributed by atoms with Gasteiger partial charge in [0.1, 0.15) is 4.90 Å². The largest absolute Gasteiger partial charge is 0.244 e. The van der Waals surface area contributed by atoms with Crippen molar-refractivity contribution >= 4 is 44.8 Å². The molecule has 0 saturated heterocycles. The van der Waals surface area contributed by atoms with Crippen LogP contribution in [-0.2, 0) is 10.0 Å². The number of benzene rings is 1. The Balaban J connectivity index is 2.36. The highest BCUT2D eigenvalue weighted by molar-refractivity contribution is 7.89. The number of rotatable bonds is 3. The molecule has 0 unspecified atom stereocenters. The van der Waals surface area contributed by atoms with Crippen LogP contribution in [0.4, 0.5) is 0 Å². The van der Waals surface area contributed by atoms with Gasteiger partial charge >= 0.3 is 0 Å². The van der Waals surface area contributed by atoms with E-state index in [0.717, 1.165) is 32.1 Å². The van der Waals surface area contributed by atoms with Crippen molar-refractivity contribution < 1.29 is 8.42 Å². The molecule has 0 heterocycles. The van der Waals surface area contributed by atoms with E-state index in [-0.39, 0.29) is 26.0 Å². The second kappa shape index (κ2) is 6.41. The highest BCUT2D eigenvalue weighted by Crippen LogP contribution is 2.34. The zero-order valence-electron chi connectivity index (χ0n) is 11.1. The molecule has 0 aliphatic heterocycles. The van der Waals surface area contributed by atoms with E-state index in [1.165, 1.54) is 16.4 Å². The molecule has 0 aromatic heterocycles. The highest BCUT2D eigenvalue weighted by atomic mass is 35.5. The number of sulfonamides is 1. The van der Waals surface area contributed by atoms with Gasteiger partial charge in [-0.25, -0.2) is 8.42 Å². The summed E-state index contributed by atoms with van der Waals surface area (Å²) in [5.74, 6) is 0. The molecule has 1 aromatic rings. The molecule has 2 rings (SSSR count).